The molecule has 3 rings (SSSR count). The fourth-order valence-corrected chi connectivity index (χ4v) is 2.57. The van der Waals surface area contributed by atoms with E-state index in [0.29, 0.717) is 13.2 Å². The maximum absolute atomic E-state index is 12.1. The Morgan fingerprint density at radius 1 is 1.12 bits per heavy atom. The summed E-state index contributed by atoms with van der Waals surface area (Å²) < 4.78 is 10.9. The Hall–Kier alpha value is -2.37. The smallest absolute Gasteiger partial charge is 0.253 e. The van der Waals surface area contributed by atoms with Gasteiger partial charge in [0.2, 0.25) is 0 Å². The third kappa shape index (κ3) is 4.34. The summed E-state index contributed by atoms with van der Waals surface area (Å²) in [6.07, 6.45) is 0.320. The van der Waals surface area contributed by atoms with Crippen LogP contribution in [0.15, 0.2) is 48.5 Å². The molecule has 5 nitrogen and oxygen atoms in total. The van der Waals surface area contributed by atoms with Gasteiger partial charge in [-0.2, -0.15) is 0 Å². The van der Waals surface area contributed by atoms with Crippen molar-refractivity contribution in [2.45, 2.75) is 12.5 Å². The highest BCUT2D eigenvalue weighted by molar-refractivity contribution is 5.83. The molecule has 1 unspecified atom stereocenters. The molecule has 1 amide bonds. The summed E-state index contributed by atoms with van der Waals surface area (Å²) in [4.78, 5) is 12.1. The molecule has 1 atom stereocenters. The van der Waals surface area contributed by atoms with E-state index in [2.05, 4.69) is 11.1 Å². The molecule has 3 N–H and O–H groups in total. The molecule has 1 aliphatic heterocycles. The monoisotopic (exact) mass is 328 g/mol. The van der Waals surface area contributed by atoms with Gasteiger partial charge in [0.05, 0.1) is 7.11 Å². The molecule has 5 heteroatoms. The highest BCUT2D eigenvalue weighted by Crippen LogP contribution is 2.27. The van der Waals surface area contributed by atoms with E-state index in [9.17, 15) is 4.79 Å². The van der Waals surface area contributed by atoms with E-state index < -0.39 is 6.10 Å². The molecule has 2 aromatic rings. The first-order valence-electron chi connectivity index (χ1n) is 7.99. The lowest BCUT2D eigenvalue weighted by Gasteiger charge is -2.15. The van der Waals surface area contributed by atoms with E-state index in [1.165, 1.54) is 7.05 Å². The first-order chi connectivity index (χ1) is 11.8. The van der Waals surface area contributed by atoms with Crippen LogP contribution in [0.3, 0.4) is 0 Å². The van der Waals surface area contributed by atoms with Gasteiger partial charge in [-0.05, 0) is 48.4 Å². The summed E-state index contributed by atoms with van der Waals surface area (Å²) in [5.74, 6) is 0.760. The van der Waals surface area contributed by atoms with Crippen LogP contribution in [0.5, 0.6) is 5.75 Å². The van der Waals surface area contributed by atoms with Crippen molar-refractivity contribution in [3.8, 4) is 16.9 Å². The van der Waals surface area contributed by atoms with E-state index in [-0.39, 0.29) is 5.91 Å². The molecule has 0 bridgehead atoms. The minimum absolute atomic E-state index is 0.0654. The number of hydrogen-bond donors (Lipinski definition) is 2. The molecule has 0 spiro atoms. The van der Waals surface area contributed by atoms with Gasteiger partial charge in [-0.1, -0.05) is 30.3 Å². The van der Waals surface area contributed by atoms with Crippen LogP contribution in [0.2, 0.25) is 0 Å². The molecule has 2 aromatic carbocycles. The Labute approximate surface area is 142 Å². The minimum atomic E-state index is -0.527. The summed E-state index contributed by atoms with van der Waals surface area (Å²) in [5.41, 5.74) is 7.52. The second-order valence-electron chi connectivity index (χ2n) is 5.25. The quantitative estimate of drug-likeness (QED) is 0.908. The van der Waals surface area contributed by atoms with E-state index in [1.807, 2.05) is 48.5 Å². The van der Waals surface area contributed by atoms with Crippen LogP contribution in [-0.4, -0.2) is 33.2 Å². The number of ether oxygens (including phenoxy) is 2. The van der Waals surface area contributed by atoms with Crippen molar-refractivity contribution in [1.82, 2.24) is 5.32 Å². The van der Waals surface area contributed by atoms with Gasteiger partial charge in [0, 0.05) is 13.2 Å². The van der Waals surface area contributed by atoms with Crippen LogP contribution < -0.4 is 15.8 Å². The zero-order valence-electron chi connectivity index (χ0n) is 14.1. The maximum atomic E-state index is 12.1. The van der Waals surface area contributed by atoms with Crippen LogP contribution in [0.4, 0.5) is 0 Å². The number of carbonyl (C=O) groups is 1. The molecule has 0 aromatic heterocycles. The van der Waals surface area contributed by atoms with Gasteiger partial charge in [-0.15, -0.1) is 0 Å². The fraction of sp³-hybridized carbons (Fsp3) is 0.316. The summed E-state index contributed by atoms with van der Waals surface area (Å²) >= 11 is 0. The summed E-state index contributed by atoms with van der Waals surface area (Å²) in [5, 5.41) is 2.89. The summed E-state index contributed by atoms with van der Waals surface area (Å²) in [6.45, 7) is 1.27. The van der Waals surface area contributed by atoms with Crippen LogP contribution >= 0.6 is 0 Å². The first kappa shape index (κ1) is 18.0. The molecule has 1 saturated heterocycles. The number of nitrogens with two attached hydrogens (primary N) is 1. The van der Waals surface area contributed by atoms with Crippen molar-refractivity contribution >= 4 is 5.91 Å². The van der Waals surface area contributed by atoms with Gasteiger partial charge in [0.25, 0.3) is 5.91 Å². The lowest BCUT2D eigenvalue weighted by Crippen LogP contribution is -2.28. The topological polar surface area (TPSA) is 73.6 Å². The Kier molecular flexibility index (Phi) is 6.78. The standard InChI is InChI=1S/C18H19NO3.CH5N/c1-21-16-8-6-13(7-9-16)14-4-2-5-15(12-14)17-18(20)19-10-3-11-22-17;1-2/h2,4-9,12,17H,3,10-11H2,1H3,(H,19,20);2H2,1H3. The van der Waals surface area contributed by atoms with Gasteiger partial charge in [-0.3, -0.25) is 4.79 Å². The predicted octanol–water partition coefficient (Wildman–Crippen LogP) is 2.51. The van der Waals surface area contributed by atoms with Crippen molar-refractivity contribution in [2.75, 3.05) is 27.3 Å². The maximum Gasteiger partial charge on any atom is 0.253 e. The van der Waals surface area contributed by atoms with Gasteiger partial charge >= 0.3 is 0 Å². The van der Waals surface area contributed by atoms with Gasteiger partial charge < -0.3 is 20.5 Å². The Balaban J connectivity index is 0.00000100. The number of nitrogens with one attached hydrogen (secondary N) is 1. The zero-order chi connectivity index (χ0) is 17.4. The molecular weight excluding hydrogens is 304 g/mol. The molecule has 1 fully saturated rings. The first-order valence-corrected chi connectivity index (χ1v) is 7.99. The third-order valence-corrected chi connectivity index (χ3v) is 3.76. The molecule has 24 heavy (non-hydrogen) atoms. The van der Waals surface area contributed by atoms with Gasteiger partial charge in [-0.25, -0.2) is 0 Å². The number of amides is 1. The number of carbonyl (C=O) groups excluding carboxylic acids is 1. The van der Waals surface area contributed by atoms with Crippen molar-refractivity contribution in [1.29, 1.82) is 0 Å². The van der Waals surface area contributed by atoms with Crippen LogP contribution in [0.1, 0.15) is 18.1 Å². The molecule has 0 saturated carbocycles. The second-order valence-corrected chi connectivity index (χ2v) is 5.25. The van der Waals surface area contributed by atoms with Crippen molar-refractivity contribution < 1.29 is 14.3 Å². The van der Waals surface area contributed by atoms with Crippen LogP contribution in [0, 0.1) is 0 Å². The molecule has 1 aliphatic rings. The molecular formula is C19H24N2O3. The zero-order valence-corrected chi connectivity index (χ0v) is 14.1. The number of benzene rings is 2. The van der Waals surface area contributed by atoms with E-state index in [0.717, 1.165) is 28.9 Å². The predicted molar refractivity (Wildman–Crippen MR) is 94.9 cm³/mol. The molecule has 128 valence electrons. The third-order valence-electron chi connectivity index (χ3n) is 3.76. The Bertz CT molecular complexity index is 656. The van der Waals surface area contributed by atoms with Gasteiger partial charge in [0.1, 0.15) is 5.75 Å². The molecule has 0 radical (unpaired) electrons. The largest absolute Gasteiger partial charge is 0.497 e. The van der Waals surface area contributed by atoms with E-state index >= 15 is 0 Å². The van der Waals surface area contributed by atoms with Gasteiger partial charge in [0.15, 0.2) is 6.10 Å². The van der Waals surface area contributed by atoms with Crippen molar-refractivity contribution in [3.05, 3.63) is 54.1 Å². The average Bonchev–Trinajstić information content (AvgIpc) is 2.88. The van der Waals surface area contributed by atoms with Crippen molar-refractivity contribution in [2.24, 2.45) is 5.73 Å². The summed E-state index contributed by atoms with van der Waals surface area (Å²) in [7, 11) is 3.15. The highest BCUT2D eigenvalue weighted by Gasteiger charge is 2.23. The second kappa shape index (κ2) is 9.05. The number of hydrogen-bond acceptors (Lipinski definition) is 4. The number of rotatable bonds is 3. The number of methoxy groups -OCH3 is 1. The fourth-order valence-electron chi connectivity index (χ4n) is 2.57. The highest BCUT2D eigenvalue weighted by atomic mass is 16.5. The van der Waals surface area contributed by atoms with Crippen molar-refractivity contribution in [3.63, 3.8) is 0 Å². The van der Waals surface area contributed by atoms with Crippen LogP contribution in [0.25, 0.3) is 11.1 Å². The SMILES string of the molecule is CN.COc1ccc(-c2cccc(C3OCCCNC3=O)c2)cc1. The minimum Gasteiger partial charge on any atom is -0.497 e. The molecule has 1 heterocycles. The average molecular weight is 328 g/mol. The van der Waals surface area contributed by atoms with E-state index in [1.54, 1.807) is 7.11 Å². The summed E-state index contributed by atoms with van der Waals surface area (Å²) in [6, 6.07) is 15.8. The Morgan fingerprint density at radius 3 is 2.58 bits per heavy atom. The lowest BCUT2D eigenvalue weighted by molar-refractivity contribution is -0.131. The Morgan fingerprint density at radius 2 is 1.88 bits per heavy atom. The lowest BCUT2D eigenvalue weighted by atomic mass is 10.00. The van der Waals surface area contributed by atoms with E-state index in [4.69, 9.17) is 9.47 Å². The normalized spacial score (nSPS) is 17.1. The van der Waals surface area contributed by atoms with Crippen LogP contribution in [-0.2, 0) is 9.53 Å². The molecule has 0 aliphatic carbocycles.